The Balaban J connectivity index is 1.89. The van der Waals surface area contributed by atoms with Crippen molar-refractivity contribution in [3.8, 4) is 5.75 Å². The van der Waals surface area contributed by atoms with E-state index in [-0.39, 0.29) is 37.3 Å². The van der Waals surface area contributed by atoms with Crippen molar-refractivity contribution >= 4 is 34.4 Å². The largest absolute Gasteiger partial charge is 0.482 e. The Hall–Kier alpha value is -1.69. The first-order valence-corrected chi connectivity index (χ1v) is 13.6. The maximum absolute atomic E-state index is 13.6. The fraction of sp³-hybridized carbons (Fsp3) is 0.615. The highest BCUT2D eigenvalue weighted by molar-refractivity contribution is 14.1. The molecule has 3 rings (SSSR count). The summed E-state index contributed by atoms with van der Waals surface area (Å²) in [5, 5.41) is 23.3. The number of carbonyl (C=O) groups excluding carboxylic acids is 2. The fourth-order valence-corrected chi connectivity index (χ4v) is 5.31. The average molecular weight is 600 g/mol. The number of halogens is 1. The first kappa shape index (κ1) is 27.9. The zero-order valence-electron chi connectivity index (χ0n) is 20.3. The minimum Gasteiger partial charge on any atom is -0.482 e. The number of nitrogens with zero attached hydrogens (tertiary/aromatic N) is 1. The lowest BCUT2D eigenvalue weighted by Gasteiger charge is -2.41. The van der Waals surface area contributed by atoms with E-state index in [2.05, 4.69) is 27.9 Å². The molecule has 1 aromatic rings. The number of ether oxygens (including phenoxy) is 2. The van der Waals surface area contributed by atoms with Crippen LogP contribution in [-0.2, 0) is 14.3 Å². The summed E-state index contributed by atoms with van der Waals surface area (Å²) in [4.78, 5) is 28.2. The topological polar surface area (TPSA) is 108 Å². The molecule has 2 aliphatic rings. The van der Waals surface area contributed by atoms with Crippen molar-refractivity contribution in [2.75, 3.05) is 32.9 Å². The van der Waals surface area contributed by atoms with E-state index in [9.17, 15) is 14.7 Å². The van der Waals surface area contributed by atoms with E-state index >= 15 is 0 Å². The highest BCUT2D eigenvalue weighted by Gasteiger charge is 2.42. The fourth-order valence-electron chi connectivity index (χ4n) is 4.79. The number of para-hydroxylation sites is 1. The van der Waals surface area contributed by atoms with Gasteiger partial charge in [0.2, 0.25) is 11.8 Å². The molecule has 194 valence electrons. The average Bonchev–Trinajstić information content (AvgIpc) is 3.40. The van der Waals surface area contributed by atoms with Gasteiger partial charge in [0, 0.05) is 44.2 Å². The quantitative estimate of drug-likeness (QED) is 0.252. The molecular weight excluding hydrogens is 563 g/mol. The standard InChI is InChI=1S/C26H37IN2O6/c1-2-34-15-7-13-29(26(33)18-8-3-4-9-18)21-16-19(25(32)28-12-14-30)17-23(24(21)31)35-22-11-6-5-10-20(22)27/h5-6,10-11,17-18,21,23-24,30-31H,2-4,7-9,12-16H2,1H3,(H,28,32). The molecule has 0 saturated heterocycles. The van der Waals surface area contributed by atoms with Crippen LogP contribution in [0.1, 0.15) is 45.4 Å². The molecule has 9 heteroatoms. The van der Waals surface area contributed by atoms with Crippen LogP contribution >= 0.6 is 22.6 Å². The SMILES string of the molecule is CCOCCCN(C(=O)C1CCCC1)C1CC(C(=O)NCCO)=CC(Oc2ccccc2I)C1O. The molecule has 0 radical (unpaired) electrons. The third kappa shape index (κ3) is 7.65. The molecule has 1 fully saturated rings. The van der Waals surface area contributed by atoms with Crippen LogP contribution in [0.4, 0.5) is 0 Å². The first-order valence-electron chi connectivity index (χ1n) is 12.5. The van der Waals surface area contributed by atoms with E-state index in [1.165, 1.54) is 0 Å². The smallest absolute Gasteiger partial charge is 0.247 e. The summed E-state index contributed by atoms with van der Waals surface area (Å²) in [7, 11) is 0. The number of amides is 2. The number of hydrogen-bond acceptors (Lipinski definition) is 6. The Bertz CT molecular complexity index is 873. The zero-order valence-corrected chi connectivity index (χ0v) is 22.5. The molecular formula is C26H37IN2O6. The van der Waals surface area contributed by atoms with Gasteiger partial charge < -0.3 is 29.9 Å². The number of carbonyl (C=O) groups is 2. The third-order valence-electron chi connectivity index (χ3n) is 6.59. The van der Waals surface area contributed by atoms with Gasteiger partial charge in [-0.25, -0.2) is 0 Å². The van der Waals surface area contributed by atoms with Crippen molar-refractivity contribution in [1.29, 1.82) is 0 Å². The monoisotopic (exact) mass is 600 g/mol. The second-order valence-corrected chi connectivity index (χ2v) is 10.2. The van der Waals surface area contributed by atoms with Crippen LogP contribution in [0.5, 0.6) is 5.75 Å². The van der Waals surface area contributed by atoms with Crippen LogP contribution < -0.4 is 10.1 Å². The molecule has 2 amide bonds. The third-order valence-corrected chi connectivity index (χ3v) is 7.48. The van der Waals surface area contributed by atoms with E-state index in [4.69, 9.17) is 14.6 Å². The molecule has 1 saturated carbocycles. The minimum atomic E-state index is -1.00. The molecule has 3 atom stereocenters. The van der Waals surface area contributed by atoms with Gasteiger partial charge in [0.25, 0.3) is 0 Å². The van der Waals surface area contributed by atoms with Gasteiger partial charge in [-0.1, -0.05) is 25.0 Å². The number of nitrogens with one attached hydrogen (secondary N) is 1. The first-order chi connectivity index (χ1) is 17.0. The van der Waals surface area contributed by atoms with E-state index in [0.29, 0.717) is 37.5 Å². The number of benzene rings is 1. The normalized spacial score (nSPS) is 22.5. The Morgan fingerprint density at radius 3 is 2.66 bits per heavy atom. The van der Waals surface area contributed by atoms with Crippen molar-refractivity contribution in [1.82, 2.24) is 10.2 Å². The van der Waals surface area contributed by atoms with Crippen LogP contribution in [0.25, 0.3) is 0 Å². The molecule has 3 unspecified atom stereocenters. The molecule has 0 bridgehead atoms. The van der Waals surface area contributed by atoms with Gasteiger partial charge in [-0.2, -0.15) is 0 Å². The molecule has 1 aromatic carbocycles. The maximum atomic E-state index is 13.6. The number of aliphatic hydroxyl groups excluding tert-OH is 2. The van der Waals surface area contributed by atoms with Crippen LogP contribution in [0.2, 0.25) is 0 Å². The van der Waals surface area contributed by atoms with E-state index in [0.717, 1.165) is 29.3 Å². The molecule has 2 aliphatic carbocycles. The van der Waals surface area contributed by atoms with Crippen LogP contribution in [-0.4, -0.2) is 78.1 Å². The Kier molecular flexibility index (Phi) is 11.3. The summed E-state index contributed by atoms with van der Waals surface area (Å²) >= 11 is 2.17. The lowest BCUT2D eigenvalue weighted by Crippen LogP contribution is -2.56. The van der Waals surface area contributed by atoms with Gasteiger partial charge in [-0.3, -0.25) is 9.59 Å². The summed E-state index contributed by atoms with van der Waals surface area (Å²) in [5.41, 5.74) is 0.443. The van der Waals surface area contributed by atoms with E-state index in [1.54, 1.807) is 11.0 Å². The van der Waals surface area contributed by atoms with Crippen LogP contribution in [0.3, 0.4) is 0 Å². The van der Waals surface area contributed by atoms with Gasteiger partial charge in [-0.15, -0.1) is 0 Å². The highest BCUT2D eigenvalue weighted by Crippen LogP contribution is 2.33. The van der Waals surface area contributed by atoms with Crippen molar-refractivity contribution in [3.63, 3.8) is 0 Å². The minimum absolute atomic E-state index is 0.0353. The molecule has 3 N–H and O–H groups in total. The summed E-state index contributed by atoms with van der Waals surface area (Å²) in [6.07, 6.45) is 4.48. The lowest BCUT2D eigenvalue weighted by molar-refractivity contribution is -0.143. The predicted octanol–water partition coefficient (Wildman–Crippen LogP) is 2.65. The van der Waals surface area contributed by atoms with Gasteiger partial charge >= 0.3 is 0 Å². The summed E-state index contributed by atoms with van der Waals surface area (Å²) in [6.45, 7) is 3.46. The van der Waals surface area contributed by atoms with Crippen molar-refractivity contribution in [2.45, 2.75) is 63.7 Å². The van der Waals surface area contributed by atoms with Crippen molar-refractivity contribution in [2.24, 2.45) is 5.92 Å². The molecule has 0 aromatic heterocycles. The summed E-state index contributed by atoms with van der Waals surface area (Å²) in [6, 6.07) is 6.88. The Morgan fingerprint density at radius 2 is 1.97 bits per heavy atom. The second kappa shape index (κ2) is 14.2. The van der Waals surface area contributed by atoms with Gasteiger partial charge in [0.15, 0.2) is 0 Å². The van der Waals surface area contributed by atoms with Gasteiger partial charge in [-0.05, 0) is 67.0 Å². The van der Waals surface area contributed by atoms with E-state index in [1.807, 2.05) is 31.2 Å². The van der Waals surface area contributed by atoms with Crippen molar-refractivity contribution < 1.29 is 29.3 Å². The molecule has 0 spiro atoms. The molecule has 35 heavy (non-hydrogen) atoms. The number of aliphatic hydroxyl groups is 2. The molecule has 8 nitrogen and oxygen atoms in total. The molecule has 0 aliphatic heterocycles. The lowest BCUT2D eigenvalue weighted by atomic mass is 9.87. The maximum Gasteiger partial charge on any atom is 0.247 e. The van der Waals surface area contributed by atoms with E-state index < -0.39 is 18.2 Å². The Morgan fingerprint density at radius 1 is 1.23 bits per heavy atom. The van der Waals surface area contributed by atoms with Crippen LogP contribution in [0, 0.1) is 9.49 Å². The molecule has 0 heterocycles. The van der Waals surface area contributed by atoms with Gasteiger partial charge in [0.1, 0.15) is 18.0 Å². The van der Waals surface area contributed by atoms with Gasteiger partial charge in [0.05, 0.1) is 16.2 Å². The van der Waals surface area contributed by atoms with Crippen molar-refractivity contribution in [3.05, 3.63) is 39.5 Å². The number of rotatable bonds is 12. The summed E-state index contributed by atoms with van der Waals surface area (Å²) in [5.74, 6) is 0.262. The number of hydrogen-bond donors (Lipinski definition) is 3. The van der Waals surface area contributed by atoms with Crippen LogP contribution in [0.15, 0.2) is 35.9 Å². The summed E-state index contributed by atoms with van der Waals surface area (Å²) < 4.78 is 12.6. The highest BCUT2D eigenvalue weighted by atomic mass is 127. The predicted molar refractivity (Wildman–Crippen MR) is 141 cm³/mol. The Labute approximate surface area is 221 Å². The zero-order chi connectivity index (χ0) is 25.2. The second-order valence-electron chi connectivity index (χ2n) is 9.01.